The summed E-state index contributed by atoms with van der Waals surface area (Å²) in [4.78, 5) is 36.7. The molecular weight excluding hydrogens is 174 g/mol. The Morgan fingerprint density at radius 3 is 2.69 bits per heavy atom. The highest BCUT2D eigenvalue weighted by Crippen LogP contribution is 1.86. The Kier molecular flexibility index (Phi) is 2.63. The number of hydrogen-bond acceptors (Lipinski definition) is 3. The monoisotopic (exact) mass is 183 g/mol. The highest BCUT2D eigenvalue weighted by Gasteiger charge is 2.02. The fourth-order valence-electron chi connectivity index (χ4n) is 0.876. The average Bonchev–Trinajstić information content (AvgIpc) is 2.02. The maximum Gasteiger partial charge on any atom is 0.325 e. The number of hydrogen-bond donors (Lipinski definition) is 3. The normalized spacial score (nSPS) is 9.62. The Balaban J connectivity index is 2.96. The molecule has 3 N–H and O–H groups in total. The van der Waals surface area contributed by atoms with Crippen LogP contribution in [0.3, 0.4) is 0 Å². The van der Waals surface area contributed by atoms with E-state index in [1.165, 1.54) is 13.1 Å². The topological polar surface area (TPSA) is 94.8 Å². The van der Waals surface area contributed by atoms with Crippen LogP contribution in [0.5, 0.6) is 0 Å². The first-order valence-corrected chi connectivity index (χ1v) is 3.65. The standard InChI is InChI=1S/C7H9N3O3/c1-8-5(11)2-4-3-6(12)10-7(13)9-4/h3H,2H2,1H3,(H,8,11)(H2,9,10,12,13). The second-order valence-electron chi connectivity index (χ2n) is 2.46. The zero-order chi connectivity index (χ0) is 9.84. The Hall–Kier alpha value is -1.85. The lowest BCUT2D eigenvalue weighted by atomic mass is 10.3. The van der Waals surface area contributed by atoms with Crippen LogP contribution in [0, 0.1) is 0 Å². The fraction of sp³-hybridized carbons (Fsp3) is 0.286. The van der Waals surface area contributed by atoms with Crippen LogP contribution in [0.2, 0.25) is 0 Å². The molecule has 13 heavy (non-hydrogen) atoms. The van der Waals surface area contributed by atoms with Gasteiger partial charge in [0, 0.05) is 18.8 Å². The Morgan fingerprint density at radius 2 is 2.15 bits per heavy atom. The van der Waals surface area contributed by atoms with Crippen molar-refractivity contribution in [2.75, 3.05) is 7.05 Å². The van der Waals surface area contributed by atoms with Gasteiger partial charge in [-0.3, -0.25) is 14.6 Å². The summed E-state index contributed by atoms with van der Waals surface area (Å²) < 4.78 is 0. The number of rotatable bonds is 2. The van der Waals surface area contributed by atoms with Gasteiger partial charge in [0.25, 0.3) is 5.56 Å². The second-order valence-corrected chi connectivity index (χ2v) is 2.46. The lowest BCUT2D eigenvalue weighted by molar-refractivity contribution is -0.120. The van der Waals surface area contributed by atoms with Gasteiger partial charge in [0.2, 0.25) is 5.91 Å². The highest BCUT2D eigenvalue weighted by molar-refractivity contribution is 5.77. The Labute approximate surface area is 73.0 Å². The molecule has 0 aliphatic heterocycles. The minimum atomic E-state index is -0.605. The number of amides is 1. The SMILES string of the molecule is CNC(=O)Cc1cc(=O)[nH]c(=O)[nH]1. The highest BCUT2D eigenvalue weighted by atomic mass is 16.2. The van der Waals surface area contributed by atoms with Crippen LogP contribution >= 0.6 is 0 Å². The maximum atomic E-state index is 10.9. The molecule has 1 aromatic rings. The van der Waals surface area contributed by atoms with Crippen molar-refractivity contribution in [1.82, 2.24) is 15.3 Å². The number of H-pyrrole nitrogens is 2. The lowest BCUT2D eigenvalue weighted by Gasteiger charge is -1.98. The van der Waals surface area contributed by atoms with E-state index >= 15 is 0 Å². The van der Waals surface area contributed by atoms with E-state index in [1.807, 2.05) is 4.98 Å². The molecule has 0 saturated heterocycles. The quantitative estimate of drug-likeness (QED) is 0.512. The molecule has 0 fully saturated rings. The fourth-order valence-corrected chi connectivity index (χ4v) is 0.876. The molecular formula is C7H9N3O3. The summed E-state index contributed by atoms with van der Waals surface area (Å²) in [6.45, 7) is 0. The Bertz CT molecular complexity index is 389. The summed E-state index contributed by atoms with van der Waals surface area (Å²) in [5, 5.41) is 2.38. The van der Waals surface area contributed by atoms with Gasteiger partial charge in [-0.2, -0.15) is 0 Å². The summed E-state index contributed by atoms with van der Waals surface area (Å²) in [5.74, 6) is -0.263. The molecule has 0 atom stereocenters. The molecule has 6 nitrogen and oxygen atoms in total. The molecule has 0 saturated carbocycles. The zero-order valence-electron chi connectivity index (χ0n) is 7.01. The average molecular weight is 183 g/mol. The second kappa shape index (κ2) is 3.70. The van der Waals surface area contributed by atoms with Crippen LogP contribution < -0.4 is 16.6 Å². The number of nitrogens with one attached hydrogen (secondary N) is 3. The minimum Gasteiger partial charge on any atom is -0.359 e. The van der Waals surface area contributed by atoms with Gasteiger partial charge < -0.3 is 10.3 Å². The van der Waals surface area contributed by atoms with Gasteiger partial charge in [0.1, 0.15) is 0 Å². The van der Waals surface area contributed by atoms with Crippen LogP contribution in [0.1, 0.15) is 5.69 Å². The smallest absolute Gasteiger partial charge is 0.325 e. The van der Waals surface area contributed by atoms with Crippen molar-refractivity contribution >= 4 is 5.91 Å². The molecule has 70 valence electrons. The van der Waals surface area contributed by atoms with Gasteiger partial charge >= 0.3 is 5.69 Å². The Morgan fingerprint density at radius 1 is 1.46 bits per heavy atom. The van der Waals surface area contributed by atoms with Gasteiger partial charge in [0.05, 0.1) is 6.42 Å². The van der Waals surface area contributed by atoms with E-state index in [2.05, 4.69) is 10.3 Å². The van der Waals surface area contributed by atoms with Gasteiger partial charge in [-0.25, -0.2) is 4.79 Å². The van der Waals surface area contributed by atoms with Crippen molar-refractivity contribution in [2.45, 2.75) is 6.42 Å². The summed E-state index contributed by atoms with van der Waals surface area (Å²) in [6, 6.07) is 1.18. The first-order chi connectivity index (χ1) is 6.11. The summed E-state index contributed by atoms with van der Waals surface area (Å²) >= 11 is 0. The minimum absolute atomic E-state index is 0.00431. The third kappa shape index (κ3) is 2.58. The molecule has 1 rings (SSSR count). The van der Waals surface area contributed by atoms with Crippen LogP contribution in [-0.4, -0.2) is 22.9 Å². The van der Waals surface area contributed by atoms with Gasteiger partial charge in [-0.05, 0) is 0 Å². The molecule has 0 radical (unpaired) electrons. The van der Waals surface area contributed by atoms with E-state index < -0.39 is 11.2 Å². The van der Waals surface area contributed by atoms with E-state index in [9.17, 15) is 14.4 Å². The first-order valence-electron chi connectivity index (χ1n) is 3.65. The van der Waals surface area contributed by atoms with Crippen LogP contribution in [-0.2, 0) is 11.2 Å². The van der Waals surface area contributed by atoms with Crippen molar-refractivity contribution in [1.29, 1.82) is 0 Å². The molecule has 0 aliphatic carbocycles. The van der Waals surface area contributed by atoms with Crippen LogP contribution in [0.4, 0.5) is 0 Å². The molecule has 0 aromatic carbocycles. The van der Waals surface area contributed by atoms with E-state index in [4.69, 9.17) is 0 Å². The van der Waals surface area contributed by atoms with Crippen molar-refractivity contribution in [2.24, 2.45) is 0 Å². The molecule has 1 aromatic heterocycles. The van der Waals surface area contributed by atoms with Crippen molar-refractivity contribution < 1.29 is 4.79 Å². The van der Waals surface area contributed by atoms with Gasteiger partial charge in [-0.1, -0.05) is 0 Å². The number of carbonyl (C=O) groups excluding carboxylic acids is 1. The van der Waals surface area contributed by atoms with E-state index in [-0.39, 0.29) is 12.3 Å². The molecule has 0 spiro atoms. The molecule has 0 bridgehead atoms. The summed E-state index contributed by atoms with van der Waals surface area (Å²) in [5.41, 5.74) is -0.817. The zero-order valence-corrected chi connectivity index (χ0v) is 7.01. The predicted molar refractivity (Wildman–Crippen MR) is 45.5 cm³/mol. The summed E-state index contributed by atoms with van der Waals surface area (Å²) in [7, 11) is 1.48. The summed E-state index contributed by atoms with van der Waals surface area (Å²) in [6.07, 6.45) is -0.00431. The third-order valence-electron chi connectivity index (χ3n) is 1.45. The molecule has 0 aliphatic rings. The molecule has 1 amide bonds. The number of aromatic nitrogens is 2. The maximum absolute atomic E-state index is 10.9. The first kappa shape index (κ1) is 9.24. The van der Waals surface area contributed by atoms with Crippen molar-refractivity contribution in [3.8, 4) is 0 Å². The molecule has 1 heterocycles. The van der Waals surface area contributed by atoms with Crippen molar-refractivity contribution in [3.05, 3.63) is 32.6 Å². The number of carbonyl (C=O) groups is 1. The van der Waals surface area contributed by atoms with Gasteiger partial charge in [0.15, 0.2) is 0 Å². The third-order valence-corrected chi connectivity index (χ3v) is 1.45. The van der Waals surface area contributed by atoms with Crippen molar-refractivity contribution in [3.63, 3.8) is 0 Å². The van der Waals surface area contributed by atoms with Crippen LogP contribution in [0.25, 0.3) is 0 Å². The van der Waals surface area contributed by atoms with Gasteiger partial charge in [-0.15, -0.1) is 0 Å². The van der Waals surface area contributed by atoms with Crippen LogP contribution in [0.15, 0.2) is 15.7 Å². The number of aromatic amines is 2. The van der Waals surface area contributed by atoms with E-state index in [0.29, 0.717) is 5.69 Å². The molecule has 6 heteroatoms. The van der Waals surface area contributed by atoms with E-state index in [1.54, 1.807) is 0 Å². The lowest BCUT2D eigenvalue weighted by Crippen LogP contribution is -2.27. The largest absolute Gasteiger partial charge is 0.359 e. The van der Waals surface area contributed by atoms with E-state index in [0.717, 1.165) is 0 Å². The number of likely N-dealkylation sites (N-methyl/N-ethyl adjacent to an activating group) is 1. The molecule has 0 unspecified atom stereocenters. The predicted octanol–water partition coefficient (Wildman–Crippen LogP) is -1.65.